The summed E-state index contributed by atoms with van der Waals surface area (Å²) in [4.78, 5) is 12.1. The molecule has 112 valence electrons. The second-order valence-corrected chi connectivity index (χ2v) is 5.88. The summed E-state index contributed by atoms with van der Waals surface area (Å²) in [5.41, 5.74) is 1.51. The molecule has 1 aromatic heterocycles. The number of carbonyl (C=O) groups is 1. The number of aromatic nitrogens is 3. The molecule has 1 amide bonds. The van der Waals surface area contributed by atoms with Crippen molar-refractivity contribution in [2.75, 3.05) is 13.2 Å². The summed E-state index contributed by atoms with van der Waals surface area (Å²) in [6.45, 7) is 0.830. The third kappa shape index (κ3) is 2.90. The van der Waals surface area contributed by atoms with Gasteiger partial charge in [-0.15, -0.1) is 5.10 Å². The lowest BCUT2D eigenvalue weighted by atomic mass is 9.87. The molecule has 1 saturated carbocycles. The highest BCUT2D eigenvalue weighted by Crippen LogP contribution is 2.36. The number of aliphatic hydroxyl groups is 1. The van der Waals surface area contributed by atoms with Crippen molar-refractivity contribution in [1.29, 1.82) is 0 Å². The highest BCUT2D eigenvalue weighted by molar-refractivity contribution is 5.79. The minimum Gasteiger partial charge on any atom is -0.396 e. The Labute approximate surface area is 123 Å². The molecule has 1 heterocycles. The molecule has 0 atom stereocenters. The third-order valence-corrected chi connectivity index (χ3v) is 4.37. The quantitative estimate of drug-likeness (QED) is 0.863. The molecule has 0 unspecified atom stereocenters. The number of fused-ring (bicyclic) bond motifs is 1. The normalized spacial score (nSPS) is 17.2. The van der Waals surface area contributed by atoms with Crippen molar-refractivity contribution in [3.05, 3.63) is 24.3 Å². The average molecular weight is 288 g/mol. The lowest BCUT2D eigenvalue weighted by Crippen LogP contribution is -2.39. The van der Waals surface area contributed by atoms with Crippen LogP contribution in [-0.4, -0.2) is 39.2 Å². The maximum atomic E-state index is 12.1. The molecule has 1 aliphatic carbocycles. The summed E-state index contributed by atoms with van der Waals surface area (Å²) in [7, 11) is 0. The molecule has 21 heavy (non-hydrogen) atoms. The molecule has 3 rings (SSSR count). The van der Waals surface area contributed by atoms with E-state index in [9.17, 15) is 9.90 Å². The van der Waals surface area contributed by atoms with Gasteiger partial charge in [-0.05, 0) is 25.0 Å². The van der Waals surface area contributed by atoms with Gasteiger partial charge in [0.15, 0.2) is 0 Å². The number of nitrogens with zero attached hydrogens (tertiary/aromatic N) is 3. The van der Waals surface area contributed by atoms with E-state index in [1.165, 1.54) is 0 Å². The van der Waals surface area contributed by atoms with Gasteiger partial charge >= 0.3 is 0 Å². The molecule has 0 aliphatic heterocycles. The largest absolute Gasteiger partial charge is 0.396 e. The van der Waals surface area contributed by atoms with E-state index >= 15 is 0 Å². The van der Waals surface area contributed by atoms with Crippen LogP contribution in [0.2, 0.25) is 0 Å². The molecule has 0 spiro atoms. The summed E-state index contributed by atoms with van der Waals surface area (Å²) in [6, 6.07) is 7.57. The lowest BCUT2D eigenvalue weighted by molar-refractivity contribution is -0.122. The second kappa shape index (κ2) is 5.81. The van der Waals surface area contributed by atoms with Crippen LogP contribution in [-0.2, 0) is 11.3 Å². The van der Waals surface area contributed by atoms with Gasteiger partial charge in [0, 0.05) is 12.0 Å². The van der Waals surface area contributed by atoms with Crippen LogP contribution in [0.3, 0.4) is 0 Å². The number of rotatable bonds is 5. The Balaban J connectivity index is 1.61. The van der Waals surface area contributed by atoms with Crippen LogP contribution in [0.4, 0.5) is 0 Å². The van der Waals surface area contributed by atoms with Gasteiger partial charge in [0.1, 0.15) is 12.1 Å². The average Bonchev–Trinajstić information content (AvgIpc) is 3.14. The van der Waals surface area contributed by atoms with Crippen molar-refractivity contribution in [3.63, 3.8) is 0 Å². The molecule has 1 aromatic carbocycles. The van der Waals surface area contributed by atoms with Crippen LogP contribution >= 0.6 is 0 Å². The summed E-state index contributed by atoms with van der Waals surface area (Å²) in [5.74, 6) is -0.0922. The van der Waals surface area contributed by atoms with Crippen LogP contribution in [0, 0.1) is 5.41 Å². The number of aliphatic hydroxyl groups excluding tert-OH is 1. The Morgan fingerprint density at radius 2 is 2.10 bits per heavy atom. The van der Waals surface area contributed by atoms with Crippen molar-refractivity contribution in [2.24, 2.45) is 5.41 Å². The molecule has 2 aromatic rings. The van der Waals surface area contributed by atoms with E-state index in [0.29, 0.717) is 6.54 Å². The Bertz CT molecular complexity index is 631. The topological polar surface area (TPSA) is 80.0 Å². The minimum absolute atomic E-state index is 0.0922. The first-order chi connectivity index (χ1) is 10.2. The fraction of sp³-hybridized carbons (Fsp3) is 0.533. The first kappa shape index (κ1) is 14.0. The van der Waals surface area contributed by atoms with Crippen LogP contribution in [0.1, 0.15) is 25.7 Å². The van der Waals surface area contributed by atoms with Crippen LogP contribution in [0.5, 0.6) is 0 Å². The predicted octanol–water partition coefficient (Wildman–Crippen LogP) is 1.10. The molecule has 0 radical (unpaired) electrons. The fourth-order valence-corrected chi connectivity index (χ4v) is 3.03. The number of carbonyl (C=O) groups excluding carboxylic acids is 1. The Hall–Kier alpha value is -1.95. The van der Waals surface area contributed by atoms with Crippen molar-refractivity contribution in [1.82, 2.24) is 20.3 Å². The first-order valence-corrected chi connectivity index (χ1v) is 7.38. The third-order valence-electron chi connectivity index (χ3n) is 4.37. The zero-order valence-electron chi connectivity index (χ0n) is 12.0. The van der Waals surface area contributed by atoms with Gasteiger partial charge in [-0.2, -0.15) is 0 Å². The zero-order chi connectivity index (χ0) is 14.7. The maximum Gasteiger partial charge on any atom is 0.241 e. The number of para-hydroxylation sites is 1. The van der Waals surface area contributed by atoms with Gasteiger partial charge in [-0.1, -0.05) is 30.2 Å². The van der Waals surface area contributed by atoms with Crippen molar-refractivity contribution >= 4 is 16.9 Å². The zero-order valence-corrected chi connectivity index (χ0v) is 12.0. The summed E-state index contributed by atoms with van der Waals surface area (Å²) >= 11 is 0. The van der Waals surface area contributed by atoms with Gasteiger partial charge in [-0.3, -0.25) is 4.79 Å². The fourth-order valence-electron chi connectivity index (χ4n) is 3.03. The number of benzene rings is 1. The van der Waals surface area contributed by atoms with Crippen molar-refractivity contribution < 1.29 is 9.90 Å². The molecular weight excluding hydrogens is 268 g/mol. The van der Waals surface area contributed by atoms with E-state index < -0.39 is 0 Å². The maximum absolute atomic E-state index is 12.1. The highest BCUT2D eigenvalue weighted by Gasteiger charge is 2.33. The van der Waals surface area contributed by atoms with Crippen LogP contribution in [0.25, 0.3) is 11.0 Å². The predicted molar refractivity (Wildman–Crippen MR) is 78.5 cm³/mol. The van der Waals surface area contributed by atoms with E-state index in [2.05, 4.69) is 15.6 Å². The molecule has 6 heteroatoms. The molecule has 2 N–H and O–H groups in total. The lowest BCUT2D eigenvalue weighted by Gasteiger charge is -2.26. The summed E-state index contributed by atoms with van der Waals surface area (Å²) < 4.78 is 1.60. The molecule has 0 bridgehead atoms. The number of amides is 1. The Morgan fingerprint density at radius 3 is 2.86 bits per heavy atom. The van der Waals surface area contributed by atoms with E-state index in [-0.39, 0.29) is 24.5 Å². The molecule has 1 fully saturated rings. The van der Waals surface area contributed by atoms with E-state index in [1.54, 1.807) is 4.68 Å². The number of hydrogen-bond donors (Lipinski definition) is 2. The van der Waals surface area contributed by atoms with Gasteiger partial charge < -0.3 is 10.4 Å². The van der Waals surface area contributed by atoms with Crippen LogP contribution in [0.15, 0.2) is 24.3 Å². The first-order valence-electron chi connectivity index (χ1n) is 7.38. The van der Waals surface area contributed by atoms with E-state index in [0.717, 1.165) is 36.7 Å². The van der Waals surface area contributed by atoms with Gasteiger partial charge in [0.25, 0.3) is 0 Å². The van der Waals surface area contributed by atoms with Gasteiger partial charge in [0.2, 0.25) is 5.91 Å². The highest BCUT2D eigenvalue weighted by atomic mass is 16.3. The summed E-state index contributed by atoms with van der Waals surface area (Å²) in [6.07, 6.45) is 4.22. The molecular formula is C15H20N4O2. The molecule has 0 saturated heterocycles. The van der Waals surface area contributed by atoms with Gasteiger partial charge in [-0.25, -0.2) is 4.68 Å². The van der Waals surface area contributed by atoms with E-state index in [1.807, 2.05) is 24.3 Å². The number of nitrogens with one attached hydrogen (secondary N) is 1. The smallest absolute Gasteiger partial charge is 0.241 e. The van der Waals surface area contributed by atoms with Crippen LogP contribution < -0.4 is 5.32 Å². The second-order valence-electron chi connectivity index (χ2n) is 5.88. The standard InChI is InChI=1S/C15H20N4O2/c20-11-15(7-3-4-8-15)10-16-14(21)9-19-13-6-2-1-5-12(13)17-18-19/h1-2,5-6,20H,3-4,7-11H2,(H,16,21). The van der Waals surface area contributed by atoms with Crippen molar-refractivity contribution in [3.8, 4) is 0 Å². The molecule has 6 nitrogen and oxygen atoms in total. The molecule has 1 aliphatic rings. The SMILES string of the molecule is O=C(Cn1nnc2ccccc21)NCC1(CO)CCCC1. The monoisotopic (exact) mass is 288 g/mol. The minimum atomic E-state index is -0.125. The Morgan fingerprint density at radius 1 is 1.33 bits per heavy atom. The van der Waals surface area contributed by atoms with E-state index in [4.69, 9.17) is 0 Å². The Kier molecular flexibility index (Phi) is 3.88. The van der Waals surface area contributed by atoms with Crippen molar-refractivity contribution in [2.45, 2.75) is 32.2 Å². The van der Waals surface area contributed by atoms with Gasteiger partial charge in [0.05, 0.1) is 12.1 Å². The summed E-state index contributed by atoms with van der Waals surface area (Å²) in [5, 5.41) is 20.5. The number of hydrogen-bond acceptors (Lipinski definition) is 4.